The highest BCUT2D eigenvalue weighted by molar-refractivity contribution is 7.89. The number of carboxylic acid groups (broad SMARTS) is 1. The molecule has 3 rings (SSSR count). The maximum absolute atomic E-state index is 12.2. The summed E-state index contributed by atoms with van der Waals surface area (Å²) in [5.41, 5.74) is -0.102. The van der Waals surface area contributed by atoms with Crippen molar-refractivity contribution >= 4 is 16.0 Å². The number of hydrogen-bond acceptors (Lipinski definition) is 3. The summed E-state index contributed by atoms with van der Waals surface area (Å²) < 4.78 is 26.9. The fraction of sp³-hybridized carbons (Fsp3) is 0.533. The summed E-state index contributed by atoms with van der Waals surface area (Å²) in [6.45, 7) is 0.489. The number of aliphatic carboxylic acids is 1. The fourth-order valence-electron chi connectivity index (χ4n) is 2.71. The van der Waals surface area contributed by atoms with Gasteiger partial charge >= 0.3 is 5.97 Å². The highest BCUT2D eigenvalue weighted by Gasteiger charge is 2.51. The summed E-state index contributed by atoms with van der Waals surface area (Å²) in [7, 11) is -3.49. The maximum Gasteiger partial charge on any atom is 0.314 e. The van der Waals surface area contributed by atoms with Gasteiger partial charge in [-0.2, -0.15) is 0 Å². The minimum Gasteiger partial charge on any atom is -0.481 e. The van der Waals surface area contributed by atoms with Gasteiger partial charge in [0.05, 0.1) is 10.3 Å². The molecule has 0 aromatic heterocycles. The molecule has 2 saturated carbocycles. The highest BCUT2D eigenvalue weighted by Crippen LogP contribution is 2.48. The molecule has 0 unspecified atom stereocenters. The number of sulfonamides is 1. The van der Waals surface area contributed by atoms with Crippen molar-refractivity contribution in [3.8, 4) is 0 Å². The number of nitrogens with one attached hydrogen (secondary N) is 1. The van der Waals surface area contributed by atoms with Crippen molar-refractivity contribution in [2.45, 2.75) is 42.4 Å². The summed E-state index contributed by atoms with van der Waals surface area (Å²) in [6, 6.07) is 6.25. The van der Waals surface area contributed by atoms with E-state index in [2.05, 4.69) is 4.72 Å². The zero-order chi connectivity index (χ0) is 15.1. The van der Waals surface area contributed by atoms with E-state index in [1.165, 1.54) is 18.6 Å². The Morgan fingerprint density at radius 1 is 1.24 bits per heavy atom. The number of rotatable bonds is 6. The van der Waals surface area contributed by atoms with Gasteiger partial charge in [0.25, 0.3) is 0 Å². The van der Waals surface area contributed by atoms with Crippen LogP contribution in [0.2, 0.25) is 0 Å². The summed E-state index contributed by atoms with van der Waals surface area (Å²) in [4.78, 5) is 11.5. The van der Waals surface area contributed by atoms with Gasteiger partial charge in [0, 0.05) is 6.54 Å². The van der Waals surface area contributed by atoms with E-state index in [-0.39, 0.29) is 4.90 Å². The Hall–Kier alpha value is -1.40. The minimum atomic E-state index is -3.49. The first kappa shape index (κ1) is 14.5. The lowest BCUT2D eigenvalue weighted by molar-refractivity contribution is -0.140. The standard InChI is InChI=1S/C15H19NO4S/c17-14(18)15(8-9-15)12-4-6-13(7-5-12)21(19,20)16-10-11-2-1-3-11/h4-7,11,16H,1-3,8-10H2,(H,17,18). The summed E-state index contributed by atoms with van der Waals surface area (Å²) in [5, 5.41) is 9.23. The van der Waals surface area contributed by atoms with Crippen molar-refractivity contribution in [2.24, 2.45) is 5.92 Å². The Balaban J connectivity index is 1.72. The molecule has 2 N–H and O–H groups in total. The molecule has 0 aliphatic heterocycles. The molecule has 1 aromatic carbocycles. The molecule has 5 nitrogen and oxygen atoms in total. The maximum atomic E-state index is 12.2. The number of benzene rings is 1. The average molecular weight is 309 g/mol. The van der Waals surface area contributed by atoms with Crippen LogP contribution in [0.3, 0.4) is 0 Å². The lowest BCUT2D eigenvalue weighted by atomic mass is 9.86. The first-order valence-electron chi connectivity index (χ1n) is 7.28. The molecule has 114 valence electrons. The number of carboxylic acids is 1. The van der Waals surface area contributed by atoms with Crippen LogP contribution in [0.1, 0.15) is 37.7 Å². The minimum absolute atomic E-state index is 0.201. The fourth-order valence-corrected chi connectivity index (χ4v) is 3.83. The molecule has 0 heterocycles. The Morgan fingerprint density at radius 3 is 2.29 bits per heavy atom. The van der Waals surface area contributed by atoms with Gasteiger partial charge in [-0.15, -0.1) is 0 Å². The first-order chi connectivity index (χ1) is 9.94. The van der Waals surface area contributed by atoms with Gasteiger partial charge in [-0.05, 0) is 49.3 Å². The lowest BCUT2D eigenvalue weighted by Crippen LogP contribution is -2.32. The second kappa shape index (κ2) is 5.10. The van der Waals surface area contributed by atoms with E-state index in [9.17, 15) is 18.3 Å². The van der Waals surface area contributed by atoms with Crippen LogP contribution in [0.4, 0.5) is 0 Å². The highest BCUT2D eigenvalue weighted by atomic mass is 32.2. The van der Waals surface area contributed by atoms with E-state index < -0.39 is 21.4 Å². The van der Waals surface area contributed by atoms with Crippen molar-refractivity contribution in [2.75, 3.05) is 6.54 Å². The zero-order valence-corrected chi connectivity index (χ0v) is 12.5. The van der Waals surface area contributed by atoms with E-state index in [4.69, 9.17) is 0 Å². The molecule has 2 fully saturated rings. The van der Waals surface area contributed by atoms with Crippen molar-refractivity contribution in [1.82, 2.24) is 4.72 Å². The van der Waals surface area contributed by atoms with E-state index in [0.29, 0.717) is 30.9 Å². The van der Waals surface area contributed by atoms with Gasteiger partial charge in [-0.25, -0.2) is 13.1 Å². The predicted molar refractivity (Wildman–Crippen MR) is 77.5 cm³/mol. The SMILES string of the molecule is O=C(O)C1(c2ccc(S(=O)(=O)NCC3CCC3)cc2)CC1. The Kier molecular flexibility index (Phi) is 3.53. The number of hydrogen-bond donors (Lipinski definition) is 2. The van der Waals surface area contributed by atoms with Crippen LogP contribution in [-0.4, -0.2) is 26.0 Å². The van der Waals surface area contributed by atoms with E-state index >= 15 is 0 Å². The number of carbonyl (C=O) groups is 1. The van der Waals surface area contributed by atoms with E-state index in [0.717, 1.165) is 12.8 Å². The largest absolute Gasteiger partial charge is 0.481 e. The molecular formula is C15H19NO4S. The first-order valence-corrected chi connectivity index (χ1v) is 8.76. The van der Waals surface area contributed by atoms with Gasteiger partial charge in [-0.3, -0.25) is 4.79 Å². The molecule has 0 atom stereocenters. The topological polar surface area (TPSA) is 83.5 Å². The third-order valence-electron chi connectivity index (χ3n) is 4.66. The van der Waals surface area contributed by atoms with Crippen LogP contribution < -0.4 is 4.72 Å². The van der Waals surface area contributed by atoms with Crippen molar-refractivity contribution < 1.29 is 18.3 Å². The zero-order valence-electron chi connectivity index (χ0n) is 11.7. The molecule has 0 bridgehead atoms. The van der Waals surface area contributed by atoms with Gasteiger partial charge < -0.3 is 5.11 Å². The van der Waals surface area contributed by atoms with Gasteiger partial charge in [-0.1, -0.05) is 18.6 Å². The summed E-state index contributed by atoms with van der Waals surface area (Å²) in [6.07, 6.45) is 4.59. The molecule has 0 spiro atoms. The van der Waals surface area contributed by atoms with Gasteiger partial charge in [0.15, 0.2) is 0 Å². The Bertz CT molecular complexity index is 643. The normalized spacial score (nSPS) is 20.8. The van der Waals surface area contributed by atoms with E-state index in [1.807, 2.05) is 0 Å². The van der Waals surface area contributed by atoms with Crippen LogP contribution in [-0.2, 0) is 20.2 Å². The summed E-state index contributed by atoms with van der Waals surface area (Å²) in [5.74, 6) is -0.373. The van der Waals surface area contributed by atoms with E-state index in [1.54, 1.807) is 12.1 Å². The van der Waals surface area contributed by atoms with Crippen LogP contribution in [0.5, 0.6) is 0 Å². The molecule has 0 radical (unpaired) electrons. The van der Waals surface area contributed by atoms with Gasteiger partial charge in [0.2, 0.25) is 10.0 Å². The third kappa shape index (κ3) is 2.70. The molecule has 6 heteroatoms. The molecule has 21 heavy (non-hydrogen) atoms. The second-order valence-corrected chi connectivity index (χ2v) is 7.83. The van der Waals surface area contributed by atoms with Crippen molar-refractivity contribution in [3.63, 3.8) is 0 Å². The smallest absolute Gasteiger partial charge is 0.314 e. The summed E-state index contributed by atoms with van der Waals surface area (Å²) >= 11 is 0. The van der Waals surface area contributed by atoms with Crippen LogP contribution in [0.15, 0.2) is 29.2 Å². The molecule has 2 aliphatic rings. The average Bonchev–Trinajstić information content (AvgIpc) is 3.18. The van der Waals surface area contributed by atoms with Crippen LogP contribution in [0.25, 0.3) is 0 Å². The molecule has 0 amide bonds. The van der Waals surface area contributed by atoms with Gasteiger partial charge in [0.1, 0.15) is 0 Å². The third-order valence-corrected chi connectivity index (χ3v) is 6.10. The predicted octanol–water partition coefficient (Wildman–Crippen LogP) is 1.88. The Morgan fingerprint density at radius 2 is 1.86 bits per heavy atom. The molecular weight excluding hydrogens is 290 g/mol. The molecule has 0 saturated heterocycles. The Labute approximate surface area is 124 Å². The monoisotopic (exact) mass is 309 g/mol. The lowest BCUT2D eigenvalue weighted by Gasteiger charge is -2.25. The van der Waals surface area contributed by atoms with Crippen molar-refractivity contribution in [3.05, 3.63) is 29.8 Å². The van der Waals surface area contributed by atoms with Crippen LogP contribution in [0, 0.1) is 5.92 Å². The van der Waals surface area contributed by atoms with Crippen LogP contribution >= 0.6 is 0 Å². The quantitative estimate of drug-likeness (QED) is 0.840. The molecule has 1 aromatic rings. The second-order valence-electron chi connectivity index (χ2n) is 6.06. The van der Waals surface area contributed by atoms with Crippen molar-refractivity contribution in [1.29, 1.82) is 0 Å². The molecule has 2 aliphatic carbocycles.